The Balaban J connectivity index is 2.78. The van der Waals surface area contributed by atoms with E-state index in [1.165, 1.54) is 26.5 Å². The summed E-state index contributed by atoms with van der Waals surface area (Å²) < 4.78 is 28.8. The summed E-state index contributed by atoms with van der Waals surface area (Å²) in [6.07, 6.45) is 1.46. The summed E-state index contributed by atoms with van der Waals surface area (Å²) in [4.78, 5) is 0. The molecule has 0 aliphatic heterocycles. The topological polar surface area (TPSA) is 70.5 Å². The predicted octanol–water partition coefficient (Wildman–Crippen LogP) is 2.39. The van der Waals surface area contributed by atoms with Gasteiger partial charge in [-0.25, -0.2) is 4.39 Å². The molecule has 2 rings (SSSR count). The van der Waals surface area contributed by atoms with Gasteiger partial charge in [0.25, 0.3) is 0 Å². The van der Waals surface area contributed by atoms with Crippen LogP contribution < -0.4 is 15.2 Å². The first-order valence-electron chi connectivity index (χ1n) is 5.21. The summed E-state index contributed by atoms with van der Waals surface area (Å²) >= 11 is 0. The van der Waals surface area contributed by atoms with E-state index in [9.17, 15) is 4.39 Å². The van der Waals surface area contributed by atoms with Crippen LogP contribution in [0.5, 0.6) is 11.5 Å². The summed E-state index contributed by atoms with van der Waals surface area (Å²) in [7, 11) is 2.81. The third-order valence-electron chi connectivity index (χ3n) is 2.66. The van der Waals surface area contributed by atoms with Crippen LogP contribution in [0, 0.1) is 12.7 Å². The highest BCUT2D eigenvalue weighted by Gasteiger charge is 2.22. The Morgan fingerprint density at radius 2 is 1.94 bits per heavy atom. The van der Waals surface area contributed by atoms with E-state index in [2.05, 4.69) is 5.16 Å². The van der Waals surface area contributed by atoms with Crippen molar-refractivity contribution in [3.8, 4) is 22.6 Å². The van der Waals surface area contributed by atoms with Crippen molar-refractivity contribution in [2.75, 3.05) is 20.0 Å². The van der Waals surface area contributed by atoms with Crippen LogP contribution in [0.15, 0.2) is 16.8 Å². The minimum Gasteiger partial charge on any atom is -0.492 e. The normalized spacial score (nSPS) is 10.4. The highest BCUT2D eigenvalue weighted by molar-refractivity contribution is 5.82. The van der Waals surface area contributed by atoms with Gasteiger partial charge in [-0.15, -0.1) is 0 Å². The molecule has 0 bridgehead atoms. The molecule has 0 fully saturated rings. The lowest BCUT2D eigenvalue weighted by Crippen LogP contribution is -1.99. The van der Waals surface area contributed by atoms with Crippen molar-refractivity contribution in [1.82, 2.24) is 5.16 Å². The van der Waals surface area contributed by atoms with Crippen LogP contribution in [0.2, 0.25) is 0 Å². The standard InChI is InChI=1S/C12H13FN2O3/c1-6-4-8(13)10(16-2)11(17-3)9(6)7-5-15-18-12(7)14/h4-5H,14H2,1-3H3. The lowest BCUT2D eigenvalue weighted by Gasteiger charge is -2.15. The molecule has 0 saturated heterocycles. The Bertz CT molecular complexity index is 581. The van der Waals surface area contributed by atoms with Crippen LogP contribution in [0.3, 0.4) is 0 Å². The third-order valence-corrected chi connectivity index (χ3v) is 2.66. The molecule has 0 amide bonds. The number of ether oxygens (including phenoxy) is 2. The monoisotopic (exact) mass is 252 g/mol. The molecule has 0 atom stereocenters. The molecule has 0 unspecified atom stereocenters. The molecule has 96 valence electrons. The zero-order chi connectivity index (χ0) is 13.3. The van der Waals surface area contributed by atoms with Gasteiger partial charge in [0.1, 0.15) is 0 Å². The molecule has 0 aliphatic rings. The summed E-state index contributed by atoms with van der Waals surface area (Å²) in [6.45, 7) is 1.74. The second-order valence-electron chi connectivity index (χ2n) is 3.72. The van der Waals surface area contributed by atoms with E-state index >= 15 is 0 Å². The number of anilines is 1. The van der Waals surface area contributed by atoms with E-state index in [0.717, 1.165) is 0 Å². The maximum absolute atomic E-state index is 13.7. The zero-order valence-corrected chi connectivity index (χ0v) is 10.3. The Morgan fingerprint density at radius 3 is 2.44 bits per heavy atom. The SMILES string of the molecule is COc1c(F)cc(C)c(-c2cnoc2N)c1OC. The molecule has 0 radical (unpaired) electrons. The molecule has 1 aromatic carbocycles. The number of hydrogen-bond acceptors (Lipinski definition) is 5. The van der Waals surface area contributed by atoms with Crippen LogP contribution in [0.25, 0.3) is 11.1 Å². The quantitative estimate of drug-likeness (QED) is 0.908. The number of rotatable bonds is 3. The molecule has 18 heavy (non-hydrogen) atoms. The number of benzene rings is 1. The van der Waals surface area contributed by atoms with Crippen LogP contribution in [-0.4, -0.2) is 19.4 Å². The van der Waals surface area contributed by atoms with Gasteiger partial charge >= 0.3 is 0 Å². The number of nitrogens with two attached hydrogens (primary N) is 1. The van der Waals surface area contributed by atoms with E-state index in [1.807, 2.05) is 0 Å². The van der Waals surface area contributed by atoms with Crippen molar-refractivity contribution in [1.29, 1.82) is 0 Å². The Hall–Kier alpha value is -2.24. The first-order chi connectivity index (χ1) is 8.60. The van der Waals surface area contributed by atoms with Crippen molar-refractivity contribution in [3.05, 3.63) is 23.6 Å². The molecular weight excluding hydrogens is 239 g/mol. The van der Waals surface area contributed by atoms with Crippen molar-refractivity contribution in [2.45, 2.75) is 6.92 Å². The Kier molecular flexibility index (Phi) is 3.10. The van der Waals surface area contributed by atoms with Crippen LogP contribution in [0.4, 0.5) is 10.3 Å². The van der Waals surface area contributed by atoms with E-state index < -0.39 is 5.82 Å². The van der Waals surface area contributed by atoms with Gasteiger partial charge in [0.05, 0.1) is 26.0 Å². The number of aryl methyl sites for hydroxylation is 1. The molecule has 0 spiro atoms. The van der Waals surface area contributed by atoms with Gasteiger partial charge in [-0.05, 0) is 18.6 Å². The van der Waals surface area contributed by atoms with Gasteiger partial charge in [-0.1, -0.05) is 5.16 Å². The molecule has 1 heterocycles. The predicted molar refractivity (Wildman–Crippen MR) is 64.2 cm³/mol. The molecule has 0 saturated carbocycles. The van der Waals surface area contributed by atoms with E-state index in [1.54, 1.807) is 6.92 Å². The highest BCUT2D eigenvalue weighted by Crippen LogP contribution is 2.43. The van der Waals surface area contributed by atoms with Crippen molar-refractivity contribution in [3.63, 3.8) is 0 Å². The third kappa shape index (κ3) is 1.75. The number of nitrogen functional groups attached to an aromatic ring is 1. The van der Waals surface area contributed by atoms with Gasteiger partial charge in [-0.3, -0.25) is 0 Å². The second-order valence-corrected chi connectivity index (χ2v) is 3.72. The van der Waals surface area contributed by atoms with Crippen LogP contribution >= 0.6 is 0 Å². The Morgan fingerprint density at radius 1 is 1.28 bits per heavy atom. The van der Waals surface area contributed by atoms with E-state index in [0.29, 0.717) is 16.7 Å². The summed E-state index contributed by atoms with van der Waals surface area (Å²) in [5.74, 6) is -0.0562. The van der Waals surface area contributed by atoms with Gasteiger partial charge in [0.2, 0.25) is 5.88 Å². The molecule has 2 aromatic rings. The first-order valence-corrected chi connectivity index (χ1v) is 5.21. The van der Waals surface area contributed by atoms with Gasteiger partial charge < -0.3 is 19.7 Å². The fourth-order valence-electron chi connectivity index (χ4n) is 1.88. The molecule has 5 nitrogen and oxygen atoms in total. The molecule has 1 aromatic heterocycles. The average Bonchev–Trinajstić information content (AvgIpc) is 2.74. The first kappa shape index (κ1) is 12.2. The van der Waals surface area contributed by atoms with Gasteiger partial charge in [0.15, 0.2) is 17.3 Å². The highest BCUT2D eigenvalue weighted by atomic mass is 19.1. The fraction of sp³-hybridized carbons (Fsp3) is 0.250. The molecule has 2 N–H and O–H groups in total. The minimum absolute atomic E-state index is 0.0266. The summed E-state index contributed by atoms with van der Waals surface area (Å²) in [5.41, 5.74) is 7.48. The smallest absolute Gasteiger partial charge is 0.230 e. The van der Waals surface area contributed by atoms with Crippen LogP contribution in [0.1, 0.15) is 5.56 Å². The number of methoxy groups -OCH3 is 2. The molecule has 6 heteroatoms. The van der Waals surface area contributed by atoms with Gasteiger partial charge in [0, 0.05) is 5.56 Å². The maximum Gasteiger partial charge on any atom is 0.230 e. The minimum atomic E-state index is -0.495. The van der Waals surface area contributed by atoms with Crippen molar-refractivity contribution >= 4 is 5.88 Å². The van der Waals surface area contributed by atoms with Crippen LogP contribution in [-0.2, 0) is 0 Å². The van der Waals surface area contributed by atoms with Gasteiger partial charge in [-0.2, -0.15) is 0 Å². The number of aromatic nitrogens is 1. The summed E-state index contributed by atoms with van der Waals surface area (Å²) in [6, 6.07) is 1.35. The Labute approximate surface area is 103 Å². The lowest BCUT2D eigenvalue weighted by molar-refractivity contribution is 0.338. The maximum atomic E-state index is 13.7. The largest absolute Gasteiger partial charge is 0.492 e. The van der Waals surface area contributed by atoms with E-state index in [-0.39, 0.29) is 17.4 Å². The van der Waals surface area contributed by atoms with E-state index in [4.69, 9.17) is 19.7 Å². The lowest BCUT2D eigenvalue weighted by atomic mass is 10.0. The number of nitrogens with zero attached hydrogens (tertiary/aromatic N) is 1. The zero-order valence-electron chi connectivity index (χ0n) is 10.3. The number of halogens is 1. The summed E-state index contributed by atoms with van der Waals surface area (Å²) in [5, 5.41) is 3.60. The molecule has 0 aliphatic carbocycles. The average molecular weight is 252 g/mol. The van der Waals surface area contributed by atoms with Crippen molar-refractivity contribution in [2.24, 2.45) is 0 Å². The fourth-order valence-corrected chi connectivity index (χ4v) is 1.88. The number of hydrogen-bond donors (Lipinski definition) is 1. The van der Waals surface area contributed by atoms with Crippen molar-refractivity contribution < 1.29 is 18.4 Å². The molecular formula is C12H13FN2O3. The second kappa shape index (κ2) is 4.56.